The van der Waals surface area contributed by atoms with Gasteiger partial charge in [-0.05, 0) is 29.8 Å². The van der Waals surface area contributed by atoms with Crippen molar-refractivity contribution in [1.82, 2.24) is 19.3 Å². The normalized spacial score (nSPS) is 16.0. The predicted molar refractivity (Wildman–Crippen MR) is 106 cm³/mol. The molecule has 0 unspecified atom stereocenters. The number of nitrogens with zero attached hydrogens (tertiary/aromatic N) is 5. The van der Waals surface area contributed by atoms with Crippen molar-refractivity contribution in [3.8, 4) is 0 Å². The molecule has 1 aliphatic heterocycles. The standard InChI is InChI=1S/C19H19Cl2N5/c20-16-6-4-15(5-7-16)14-24-9-11-25(12-10-24)22-13-17-19(21)23-18-3-1-2-8-26(17)18/h1-8,13H,9-12,14H2. The van der Waals surface area contributed by atoms with Crippen molar-refractivity contribution in [3.05, 3.63) is 70.1 Å². The molecule has 0 spiro atoms. The fourth-order valence-corrected chi connectivity index (χ4v) is 3.45. The molecule has 2 aromatic heterocycles. The molecule has 0 N–H and O–H groups in total. The number of hydrogen-bond donors (Lipinski definition) is 0. The molecule has 7 heteroatoms. The van der Waals surface area contributed by atoms with Gasteiger partial charge in [-0.25, -0.2) is 4.98 Å². The second kappa shape index (κ2) is 7.66. The Bertz CT molecular complexity index is 911. The highest BCUT2D eigenvalue weighted by molar-refractivity contribution is 6.32. The summed E-state index contributed by atoms with van der Waals surface area (Å²) < 4.78 is 1.95. The van der Waals surface area contributed by atoms with E-state index in [4.69, 9.17) is 23.2 Å². The lowest BCUT2D eigenvalue weighted by molar-refractivity contribution is 0.131. The predicted octanol–water partition coefficient (Wildman–Crippen LogP) is 3.79. The SMILES string of the molecule is Clc1ccc(CN2CCN(N=Cc3c(Cl)nc4ccccn34)CC2)cc1. The van der Waals surface area contributed by atoms with Crippen LogP contribution in [0.25, 0.3) is 5.65 Å². The third-order valence-corrected chi connectivity index (χ3v) is 5.06. The molecule has 26 heavy (non-hydrogen) atoms. The van der Waals surface area contributed by atoms with Gasteiger partial charge in [-0.15, -0.1) is 0 Å². The van der Waals surface area contributed by atoms with Crippen LogP contribution in [-0.2, 0) is 6.54 Å². The molecule has 1 aliphatic rings. The summed E-state index contributed by atoms with van der Waals surface area (Å²) in [7, 11) is 0. The summed E-state index contributed by atoms with van der Waals surface area (Å²) in [6.07, 6.45) is 3.75. The summed E-state index contributed by atoms with van der Waals surface area (Å²) in [5, 5.41) is 7.94. The summed E-state index contributed by atoms with van der Waals surface area (Å²) in [5.74, 6) is 0. The summed E-state index contributed by atoms with van der Waals surface area (Å²) in [6, 6.07) is 13.9. The van der Waals surface area contributed by atoms with Gasteiger partial charge in [0, 0.05) is 43.9 Å². The lowest BCUT2D eigenvalue weighted by Crippen LogP contribution is -2.43. The molecule has 1 saturated heterocycles. The van der Waals surface area contributed by atoms with Crippen molar-refractivity contribution in [2.45, 2.75) is 6.54 Å². The fraction of sp³-hybridized carbons (Fsp3) is 0.263. The maximum Gasteiger partial charge on any atom is 0.157 e. The van der Waals surface area contributed by atoms with Crippen molar-refractivity contribution in [3.63, 3.8) is 0 Å². The van der Waals surface area contributed by atoms with Gasteiger partial charge in [0.15, 0.2) is 5.15 Å². The minimum absolute atomic E-state index is 0.473. The molecule has 4 rings (SSSR count). The van der Waals surface area contributed by atoms with Crippen LogP contribution in [0, 0.1) is 0 Å². The number of halogens is 2. The molecule has 1 fully saturated rings. The van der Waals surface area contributed by atoms with E-state index in [1.165, 1.54) is 5.56 Å². The topological polar surface area (TPSA) is 36.1 Å². The van der Waals surface area contributed by atoms with Crippen LogP contribution >= 0.6 is 23.2 Å². The van der Waals surface area contributed by atoms with E-state index >= 15 is 0 Å². The van der Waals surface area contributed by atoms with Crippen molar-refractivity contribution in [2.24, 2.45) is 5.10 Å². The molecule has 3 heterocycles. The zero-order valence-electron chi connectivity index (χ0n) is 14.2. The minimum atomic E-state index is 0.473. The van der Waals surface area contributed by atoms with E-state index in [2.05, 4.69) is 32.1 Å². The first kappa shape index (κ1) is 17.3. The van der Waals surface area contributed by atoms with E-state index < -0.39 is 0 Å². The Kier molecular flexibility index (Phi) is 5.11. The lowest BCUT2D eigenvalue weighted by atomic mass is 10.2. The summed E-state index contributed by atoms with van der Waals surface area (Å²) in [4.78, 5) is 6.77. The van der Waals surface area contributed by atoms with Gasteiger partial charge < -0.3 is 0 Å². The maximum absolute atomic E-state index is 6.25. The minimum Gasteiger partial charge on any atom is -0.297 e. The Morgan fingerprint density at radius 2 is 1.77 bits per heavy atom. The summed E-state index contributed by atoms with van der Waals surface area (Å²) in [5.41, 5.74) is 2.92. The Labute approximate surface area is 162 Å². The van der Waals surface area contributed by atoms with Crippen LogP contribution in [0.5, 0.6) is 0 Å². The van der Waals surface area contributed by atoms with E-state index in [0.717, 1.165) is 49.1 Å². The first-order chi connectivity index (χ1) is 12.7. The molecular weight excluding hydrogens is 369 g/mol. The highest BCUT2D eigenvalue weighted by atomic mass is 35.5. The van der Waals surface area contributed by atoms with Crippen LogP contribution in [0.1, 0.15) is 11.3 Å². The average Bonchev–Trinajstić information content (AvgIpc) is 2.98. The number of imidazole rings is 1. The van der Waals surface area contributed by atoms with Crippen LogP contribution in [-0.4, -0.2) is 51.7 Å². The fourth-order valence-electron chi connectivity index (χ4n) is 3.10. The summed E-state index contributed by atoms with van der Waals surface area (Å²) >= 11 is 12.2. The highest BCUT2D eigenvalue weighted by Crippen LogP contribution is 2.16. The first-order valence-electron chi connectivity index (χ1n) is 8.57. The third-order valence-electron chi connectivity index (χ3n) is 4.53. The molecule has 0 aliphatic carbocycles. The zero-order chi connectivity index (χ0) is 17.9. The van der Waals surface area contributed by atoms with Crippen LogP contribution in [0.15, 0.2) is 53.8 Å². The molecule has 0 radical (unpaired) electrons. The van der Waals surface area contributed by atoms with Crippen LogP contribution in [0.2, 0.25) is 10.2 Å². The largest absolute Gasteiger partial charge is 0.297 e. The Hall–Kier alpha value is -2.08. The molecule has 1 aromatic carbocycles. The maximum atomic E-state index is 6.25. The van der Waals surface area contributed by atoms with Gasteiger partial charge in [0.05, 0.1) is 6.21 Å². The van der Waals surface area contributed by atoms with E-state index in [9.17, 15) is 0 Å². The van der Waals surface area contributed by atoms with Gasteiger partial charge in [-0.3, -0.25) is 14.3 Å². The molecular formula is C19H19Cl2N5. The monoisotopic (exact) mass is 387 g/mol. The van der Waals surface area contributed by atoms with Crippen molar-refractivity contribution >= 4 is 35.1 Å². The number of piperazine rings is 1. The molecule has 0 amide bonds. The van der Waals surface area contributed by atoms with Gasteiger partial charge in [0.1, 0.15) is 11.3 Å². The molecule has 0 saturated carbocycles. The van der Waals surface area contributed by atoms with E-state index in [1.54, 1.807) is 6.21 Å². The van der Waals surface area contributed by atoms with E-state index in [-0.39, 0.29) is 0 Å². The second-order valence-corrected chi connectivity index (χ2v) is 7.11. The second-order valence-electron chi connectivity index (χ2n) is 6.32. The average molecular weight is 388 g/mol. The number of fused-ring (bicyclic) bond motifs is 1. The molecule has 0 bridgehead atoms. The van der Waals surface area contributed by atoms with Gasteiger partial charge in [-0.1, -0.05) is 41.4 Å². The lowest BCUT2D eigenvalue weighted by Gasteiger charge is -2.33. The molecule has 0 atom stereocenters. The van der Waals surface area contributed by atoms with Gasteiger partial charge in [-0.2, -0.15) is 5.10 Å². The van der Waals surface area contributed by atoms with Crippen LogP contribution < -0.4 is 0 Å². The third kappa shape index (κ3) is 3.85. The number of aromatic nitrogens is 2. The van der Waals surface area contributed by atoms with Crippen molar-refractivity contribution in [2.75, 3.05) is 26.2 Å². The van der Waals surface area contributed by atoms with Crippen molar-refractivity contribution in [1.29, 1.82) is 0 Å². The van der Waals surface area contributed by atoms with E-state index in [1.807, 2.05) is 40.9 Å². The van der Waals surface area contributed by atoms with Crippen LogP contribution in [0.4, 0.5) is 0 Å². The smallest absolute Gasteiger partial charge is 0.157 e. The number of benzene rings is 1. The Morgan fingerprint density at radius 1 is 1.00 bits per heavy atom. The Morgan fingerprint density at radius 3 is 2.54 bits per heavy atom. The first-order valence-corrected chi connectivity index (χ1v) is 9.33. The Balaban J connectivity index is 1.36. The molecule has 5 nitrogen and oxygen atoms in total. The summed E-state index contributed by atoms with van der Waals surface area (Å²) in [6.45, 7) is 4.66. The number of rotatable bonds is 4. The van der Waals surface area contributed by atoms with Crippen LogP contribution in [0.3, 0.4) is 0 Å². The number of hydrogen-bond acceptors (Lipinski definition) is 4. The zero-order valence-corrected chi connectivity index (χ0v) is 15.7. The van der Waals surface area contributed by atoms with Gasteiger partial charge in [0.2, 0.25) is 0 Å². The number of pyridine rings is 1. The van der Waals surface area contributed by atoms with Crippen molar-refractivity contribution < 1.29 is 0 Å². The quantitative estimate of drug-likeness (QED) is 0.638. The molecule has 134 valence electrons. The van der Waals surface area contributed by atoms with Gasteiger partial charge in [0.25, 0.3) is 0 Å². The highest BCUT2D eigenvalue weighted by Gasteiger charge is 2.16. The molecule has 3 aromatic rings. The van der Waals surface area contributed by atoms with Gasteiger partial charge >= 0.3 is 0 Å². The van der Waals surface area contributed by atoms with E-state index in [0.29, 0.717) is 5.15 Å². The number of hydrazone groups is 1.